The number of carbonyl (C=O) groups excluding carboxylic acids is 2. The van der Waals surface area contributed by atoms with Crippen molar-refractivity contribution < 1.29 is 9.59 Å². The monoisotopic (exact) mass is 264 g/mol. The molecule has 5 heteroatoms. The molecule has 2 amide bonds. The molecule has 1 aliphatic rings. The lowest BCUT2D eigenvalue weighted by molar-refractivity contribution is -0.145. The number of rotatable bonds is 5. The van der Waals surface area contributed by atoms with Gasteiger partial charge in [0.2, 0.25) is 11.8 Å². The number of likely N-dealkylation sites (tertiary alicyclic amines) is 1. The van der Waals surface area contributed by atoms with Gasteiger partial charge in [-0.2, -0.15) is 0 Å². The molecule has 0 radical (unpaired) electrons. The number of amides is 2. The first-order chi connectivity index (χ1) is 8.70. The molecule has 1 atom stereocenters. The largest absolute Gasteiger partial charge is 0.350 e. The Kier molecular flexibility index (Phi) is 4.25. The fourth-order valence-electron chi connectivity index (χ4n) is 1.83. The van der Waals surface area contributed by atoms with E-state index >= 15 is 0 Å². The molecule has 1 heterocycles. The van der Waals surface area contributed by atoms with Gasteiger partial charge in [0.15, 0.2) is 0 Å². The summed E-state index contributed by atoms with van der Waals surface area (Å²) in [5.41, 5.74) is 1.06. The van der Waals surface area contributed by atoms with Crippen molar-refractivity contribution in [2.24, 2.45) is 0 Å². The van der Waals surface area contributed by atoms with Gasteiger partial charge < -0.3 is 10.2 Å². The topological polar surface area (TPSA) is 49.4 Å². The van der Waals surface area contributed by atoms with E-state index in [1.807, 2.05) is 36.6 Å². The highest BCUT2D eigenvalue weighted by Gasteiger charge is 2.36. The number of hydrogen-bond donors (Lipinski definition) is 1. The van der Waals surface area contributed by atoms with Crippen molar-refractivity contribution in [3.05, 3.63) is 35.9 Å². The maximum Gasteiger partial charge on any atom is 0.239 e. The van der Waals surface area contributed by atoms with E-state index in [2.05, 4.69) is 5.32 Å². The Hall–Kier alpha value is -1.49. The zero-order chi connectivity index (χ0) is 13.0. The fraction of sp³-hybridized carbons (Fsp3) is 0.385. The lowest BCUT2D eigenvalue weighted by Crippen LogP contribution is -2.54. The maximum atomic E-state index is 11.7. The lowest BCUT2D eigenvalue weighted by Gasteiger charge is -2.38. The average molecular weight is 264 g/mol. The van der Waals surface area contributed by atoms with Gasteiger partial charge >= 0.3 is 0 Å². The van der Waals surface area contributed by atoms with Gasteiger partial charge in [-0.05, 0) is 11.8 Å². The summed E-state index contributed by atoms with van der Waals surface area (Å²) in [6.07, 6.45) is 2.50. The summed E-state index contributed by atoms with van der Waals surface area (Å²) in [7, 11) is 0. The van der Waals surface area contributed by atoms with Crippen LogP contribution in [0.15, 0.2) is 30.3 Å². The van der Waals surface area contributed by atoms with E-state index in [1.54, 1.807) is 16.7 Å². The number of nitrogens with zero attached hydrogens (tertiary/aromatic N) is 1. The normalized spacial score (nSPS) is 18.4. The van der Waals surface area contributed by atoms with Gasteiger partial charge in [0.1, 0.15) is 6.54 Å². The first-order valence-corrected chi connectivity index (χ1v) is 7.12. The van der Waals surface area contributed by atoms with Gasteiger partial charge in [-0.15, -0.1) is 11.8 Å². The number of thioether (sulfide) groups is 1. The quantitative estimate of drug-likeness (QED) is 0.814. The number of β-lactam (4-membered cyclic amide) rings is 1. The molecule has 1 N–H and O–H groups in total. The number of nitrogens with one attached hydrogen (secondary N) is 1. The number of hydrogen-bond acceptors (Lipinski definition) is 3. The van der Waals surface area contributed by atoms with Gasteiger partial charge in [-0.25, -0.2) is 0 Å². The predicted molar refractivity (Wildman–Crippen MR) is 71.9 cm³/mol. The van der Waals surface area contributed by atoms with E-state index in [0.29, 0.717) is 13.0 Å². The third kappa shape index (κ3) is 3.04. The minimum absolute atomic E-state index is 0.0595. The summed E-state index contributed by atoms with van der Waals surface area (Å²) in [6.45, 7) is 0.669. The molecule has 1 saturated heterocycles. The minimum atomic E-state index is -0.106. The summed E-state index contributed by atoms with van der Waals surface area (Å²) in [5.74, 6) is -0.0461. The van der Waals surface area contributed by atoms with E-state index in [0.717, 1.165) is 5.56 Å². The van der Waals surface area contributed by atoms with Crippen LogP contribution in [0.2, 0.25) is 0 Å². The van der Waals surface area contributed by atoms with Crippen LogP contribution in [-0.4, -0.2) is 34.9 Å². The molecule has 0 aliphatic carbocycles. The summed E-state index contributed by atoms with van der Waals surface area (Å²) in [6, 6.07) is 9.72. The van der Waals surface area contributed by atoms with Crippen molar-refractivity contribution in [1.29, 1.82) is 0 Å². The first-order valence-electron chi connectivity index (χ1n) is 5.83. The van der Waals surface area contributed by atoms with Gasteiger partial charge in [0.25, 0.3) is 0 Å². The van der Waals surface area contributed by atoms with Gasteiger partial charge in [0.05, 0.1) is 11.8 Å². The smallest absolute Gasteiger partial charge is 0.239 e. The molecule has 1 aliphatic heterocycles. The SMILES string of the molecule is CSC1CC(=O)N1CC(=O)NCc1ccccc1. The first kappa shape index (κ1) is 13.0. The van der Waals surface area contributed by atoms with Crippen molar-refractivity contribution in [2.45, 2.75) is 18.3 Å². The third-order valence-corrected chi connectivity index (χ3v) is 3.90. The molecule has 4 nitrogen and oxygen atoms in total. The van der Waals surface area contributed by atoms with E-state index in [-0.39, 0.29) is 23.7 Å². The Balaban J connectivity index is 1.77. The molecule has 1 fully saturated rings. The van der Waals surface area contributed by atoms with E-state index in [1.165, 1.54) is 0 Å². The molecule has 0 saturated carbocycles. The standard InChI is InChI=1S/C13H16N2O2S/c1-18-13-7-12(17)15(13)9-11(16)14-8-10-5-3-2-4-6-10/h2-6,13H,7-9H2,1H3,(H,14,16). The van der Waals surface area contributed by atoms with Crippen LogP contribution in [0.1, 0.15) is 12.0 Å². The van der Waals surface area contributed by atoms with E-state index < -0.39 is 0 Å². The van der Waals surface area contributed by atoms with Crippen LogP contribution in [0.25, 0.3) is 0 Å². The Labute approximate surface area is 111 Å². The Morgan fingerprint density at radius 3 is 2.78 bits per heavy atom. The highest BCUT2D eigenvalue weighted by molar-refractivity contribution is 7.99. The molecule has 2 rings (SSSR count). The van der Waals surface area contributed by atoms with Crippen LogP contribution in [0.4, 0.5) is 0 Å². The van der Waals surface area contributed by atoms with E-state index in [4.69, 9.17) is 0 Å². The van der Waals surface area contributed by atoms with Crippen LogP contribution in [-0.2, 0) is 16.1 Å². The summed E-state index contributed by atoms with van der Waals surface area (Å²) in [4.78, 5) is 24.7. The van der Waals surface area contributed by atoms with Crippen molar-refractivity contribution in [3.63, 3.8) is 0 Å². The second kappa shape index (κ2) is 5.91. The number of benzene rings is 1. The van der Waals surface area contributed by atoms with Crippen LogP contribution in [0.3, 0.4) is 0 Å². The highest BCUT2D eigenvalue weighted by Crippen LogP contribution is 2.26. The average Bonchev–Trinajstić information content (AvgIpc) is 2.41. The summed E-state index contributed by atoms with van der Waals surface area (Å²) in [5, 5.41) is 2.99. The van der Waals surface area contributed by atoms with Crippen LogP contribution in [0.5, 0.6) is 0 Å². The Bertz CT molecular complexity index is 436. The van der Waals surface area contributed by atoms with Crippen LogP contribution in [0, 0.1) is 0 Å². The van der Waals surface area contributed by atoms with Gasteiger partial charge in [-0.3, -0.25) is 9.59 Å². The van der Waals surface area contributed by atoms with Crippen molar-refractivity contribution in [1.82, 2.24) is 10.2 Å². The number of carbonyl (C=O) groups is 2. The summed E-state index contributed by atoms with van der Waals surface area (Å²) < 4.78 is 0. The second-order valence-corrected chi connectivity index (χ2v) is 5.19. The molecule has 0 aromatic heterocycles. The van der Waals surface area contributed by atoms with E-state index in [9.17, 15) is 9.59 Å². The Morgan fingerprint density at radius 2 is 2.17 bits per heavy atom. The van der Waals surface area contributed by atoms with Gasteiger partial charge in [-0.1, -0.05) is 30.3 Å². The predicted octanol–water partition coefficient (Wildman–Crippen LogP) is 1.22. The molecule has 18 heavy (non-hydrogen) atoms. The molecular formula is C13H16N2O2S. The van der Waals surface area contributed by atoms with Crippen LogP contribution < -0.4 is 5.32 Å². The fourth-order valence-corrected chi connectivity index (χ4v) is 2.59. The minimum Gasteiger partial charge on any atom is -0.350 e. The molecule has 0 spiro atoms. The van der Waals surface area contributed by atoms with Crippen molar-refractivity contribution in [3.8, 4) is 0 Å². The second-order valence-electron chi connectivity index (χ2n) is 4.18. The molecule has 96 valence electrons. The molecule has 0 bridgehead atoms. The zero-order valence-corrected chi connectivity index (χ0v) is 11.1. The van der Waals surface area contributed by atoms with Gasteiger partial charge in [0, 0.05) is 6.54 Å². The molecular weight excluding hydrogens is 248 g/mol. The zero-order valence-electron chi connectivity index (χ0n) is 10.3. The maximum absolute atomic E-state index is 11.7. The molecule has 1 unspecified atom stereocenters. The summed E-state index contributed by atoms with van der Waals surface area (Å²) >= 11 is 1.60. The third-order valence-electron chi connectivity index (χ3n) is 2.94. The molecule has 1 aromatic carbocycles. The van der Waals surface area contributed by atoms with Crippen molar-refractivity contribution >= 4 is 23.6 Å². The lowest BCUT2D eigenvalue weighted by atomic mass is 10.2. The molecule has 1 aromatic rings. The Morgan fingerprint density at radius 1 is 1.44 bits per heavy atom. The van der Waals surface area contributed by atoms with Crippen LogP contribution >= 0.6 is 11.8 Å². The highest BCUT2D eigenvalue weighted by atomic mass is 32.2. The van der Waals surface area contributed by atoms with Crippen molar-refractivity contribution in [2.75, 3.05) is 12.8 Å².